The first-order valence-corrected chi connectivity index (χ1v) is 5.20. The Morgan fingerprint density at radius 2 is 2.29 bits per heavy atom. The highest BCUT2D eigenvalue weighted by Gasteiger charge is 2.43. The fourth-order valence-electron chi connectivity index (χ4n) is 2.36. The van der Waals surface area contributed by atoms with E-state index in [1.165, 1.54) is 5.57 Å². The van der Waals surface area contributed by atoms with Gasteiger partial charge in [-0.1, -0.05) is 23.8 Å². The Labute approximate surface area is 85.3 Å². The quantitative estimate of drug-likeness (QED) is 0.537. The van der Waals surface area contributed by atoms with Crippen molar-refractivity contribution in [2.24, 2.45) is 5.41 Å². The van der Waals surface area contributed by atoms with Gasteiger partial charge in [-0.15, -0.1) is 0 Å². The fourth-order valence-corrected chi connectivity index (χ4v) is 2.36. The minimum Gasteiger partial charge on any atom is -0.342 e. The van der Waals surface area contributed by atoms with Crippen molar-refractivity contribution in [1.29, 1.82) is 0 Å². The van der Waals surface area contributed by atoms with Gasteiger partial charge in [-0.3, -0.25) is 4.79 Å². The first-order valence-electron chi connectivity index (χ1n) is 5.20. The van der Waals surface area contributed by atoms with E-state index >= 15 is 0 Å². The van der Waals surface area contributed by atoms with E-state index in [0.717, 1.165) is 12.8 Å². The normalized spacial score (nSPS) is 36.8. The van der Waals surface area contributed by atoms with Crippen molar-refractivity contribution >= 4 is 5.91 Å². The molecule has 0 radical (unpaired) electrons. The lowest BCUT2D eigenvalue weighted by Crippen LogP contribution is -2.50. The Hall–Kier alpha value is -1.05. The van der Waals surface area contributed by atoms with Gasteiger partial charge in [0.05, 0.1) is 5.41 Å². The van der Waals surface area contributed by atoms with Gasteiger partial charge in [0.25, 0.3) is 0 Å². The highest BCUT2D eigenvalue weighted by atomic mass is 16.2. The van der Waals surface area contributed by atoms with Crippen LogP contribution in [0.2, 0.25) is 0 Å². The van der Waals surface area contributed by atoms with Crippen molar-refractivity contribution < 1.29 is 4.79 Å². The van der Waals surface area contributed by atoms with Gasteiger partial charge in [-0.2, -0.15) is 0 Å². The number of likely N-dealkylation sites (tertiary alicyclic amines) is 1. The van der Waals surface area contributed by atoms with Crippen LogP contribution in [0.15, 0.2) is 23.8 Å². The van der Waals surface area contributed by atoms with Gasteiger partial charge < -0.3 is 4.90 Å². The number of carbonyl (C=O) groups excluding carboxylic acids is 1. The number of allylic oxidation sites excluding steroid dienone is 2. The van der Waals surface area contributed by atoms with Gasteiger partial charge in [0, 0.05) is 13.1 Å². The summed E-state index contributed by atoms with van der Waals surface area (Å²) in [5.41, 5.74) is 0.954. The van der Waals surface area contributed by atoms with Crippen LogP contribution in [-0.2, 0) is 4.79 Å². The number of fused-ring (bicyclic) bond motifs is 1. The van der Waals surface area contributed by atoms with Gasteiger partial charge in [0.15, 0.2) is 0 Å². The Morgan fingerprint density at radius 1 is 1.57 bits per heavy atom. The molecule has 0 aromatic heterocycles. The van der Waals surface area contributed by atoms with E-state index in [1.54, 1.807) is 0 Å². The molecule has 2 aliphatic rings. The summed E-state index contributed by atoms with van der Waals surface area (Å²) >= 11 is 0. The summed E-state index contributed by atoms with van der Waals surface area (Å²) in [6.45, 7) is 4.13. The van der Waals surface area contributed by atoms with E-state index in [0.29, 0.717) is 6.04 Å². The maximum Gasteiger partial charge on any atom is 0.236 e. The molecule has 2 atom stereocenters. The summed E-state index contributed by atoms with van der Waals surface area (Å²) in [6.07, 6.45) is 8.36. The SMILES string of the molecule is C[C@H]1CC2=CCC=C[C@@]2(C)C(=O)N1C. The molecule has 1 saturated heterocycles. The number of hydrogen-bond acceptors (Lipinski definition) is 1. The highest BCUT2D eigenvalue weighted by Crippen LogP contribution is 2.41. The molecule has 0 aromatic carbocycles. The zero-order chi connectivity index (χ0) is 10.3. The molecule has 0 unspecified atom stereocenters. The number of carbonyl (C=O) groups is 1. The molecule has 1 amide bonds. The van der Waals surface area contributed by atoms with E-state index in [9.17, 15) is 4.79 Å². The molecular formula is C12H17NO. The number of amides is 1. The summed E-state index contributed by atoms with van der Waals surface area (Å²) < 4.78 is 0. The minimum atomic E-state index is -0.348. The van der Waals surface area contributed by atoms with Gasteiger partial charge in [-0.25, -0.2) is 0 Å². The summed E-state index contributed by atoms with van der Waals surface area (Å²) in [5, 5.41) is 0. The molecule has 0 saturated carbocycles. The van der Waals surface area contributed by atoms with Crippen LogP contribution in [-0.4, -0.2) is 23.9 Å². The number of hydrogen-bond donors (Lipinski definition) is 0. The molecule has 76 valence electrons. The second-order valence-electron chi connectivity index (χ2n) is 4.54. The van der Waals surface area contributed by atoms with Gasteiger partial charge >= 0.3 is 0 Å². The topological polar surface area (TPSA) is 20.3 Å². The van der Waals surface area contributed by atoms with Crippen LogP contribution >= 0.6 is 0 Å². The molecule has 2 rings (SSSR count). The molecule has 0 N–H and O–H groups in total. The molecule has 2 heteroatoms. The molecule has 1 heterocycles. The lowest BCUT2D eigenvalue weighted by atomic mass is 9.72. The first kappa shape index (κ1) is 9.50. The second kappa shape index (κ2) is 2.97. The predicted octanol–water partition coefficient (Wildman–Crippen LogP) is 2.13. The number of rotatable bonds is 0. The lowest BCUT2D eigenvalue weighted by molar-refractivity contribution is -0.140. The molecule has 1 aliphatic carbocycles. The summed E-state index contributed by atoms with van der Waals surface area (Å²) in [6, 6.07) is 0.341. The van der Waals surface area contributed by atoms with E-state index in [-0.39, 0.29) is 11.3 Å². The highest BCUT2D eigenvalue weighted by molar-refractivity contribution is 5.89. The molecule has 1 aliphatic heterocycles. The van der Waals surface area contributed by atoms with Crippen LogP contribution in [0.4, 0.5) is 0 Å². The second-order valence-corrected chi connectivity index (χ2v) is 4.54. The van der Waals surface area contributed by atoms with Crippen LogP contribution in [0.3, 0.4) is 0 Å². The molecule has 0 bridgehead atoms. The third-order valence-corrected chi connectivity index (χ3v) is 3.56. The maximum absolute atomic E-state index is 12.1. The fraction of sp³-hybridized carbons (Fsp3) is 0.583. The molecule has 14 heavy (non-hydrogen) atoms. The van der Waals surface area contributed by atoms with Gasteiger partial charge in [0.1, 0.15) is 0 Å². The summed E-state index contributed by atoms with van der Waals surface area (Å²) in [4.78, 5) is 14.0. The van der Waals surface area contributed by atoms with E-state index < -0.39 is 0 Å². The van der Waals surface area contributed by atoms with E-state index in [2.05, 4.69) is 25.2 Å². The largest absolute Gasteiger partial charge is 0.342 e. The third kappa shape index (κ3) is 1.13. The maximum atomic E-state index is 12.1. The van der Waals surface area contributed by atoms with Crippen LogP contribution in [0.1, 0.15) is 26.7 Å². The minimum absolute atomic E-state index is 0.235. The van der Waals surface area contributed by atoms with E-state index in [4.69, 9.17) is 0 Å². The molecule has 1 fully saturated rings. The molecule has 0 aromatic rings. The van der Waals surface area contributed by atoms with Crippen LogP contribution in [0.25, 0.3) is 0 Å². The Morgan fingerprint density at radius 3 is 3.00 bits per heavy atom. The Bertz CT molecular complexity index is 329. The predicted molar refractivity (Wildman–Crippen MR) is 56.8 cm³/mol. The zero-order valence-electron chi connectivity index (χ0n) is 9.08. The van der Waals surface area contributed by atoms with Crippen molar-refractivity contribution in [2.75, 3.05) is 7.05 Å². The average molecular weight is 191 g/mol. The number of piperidine rings is 1. The molecule has 2 nitrogen and oxygen atoms in total. The van der Waals surface area contributed by atoms with Crippen LogP contribution in [0.5, 0.6) is 0 Å². The summed E-state index contributed by atoms with van der Waals surface area (Å²) in [7, 11) is 1.90. The lowest BCUT2D eigenvalue weighted by Gasteiger charge is -2.43. The molecular weight excluding hydrogens is 174 g/mol. The van der Waals surface area contributed by atoms with Gasteiger partial charge in [0.2, 0.25) is 5.91 Å². The average Bonchev–Trinajstić information content (AvgIpc) is 2.17. The summed E-state index contributed by atoms with van der Waals surface area (Å²) in [5.74, 6) is 0.235. The van der Waals surface area contributed by atoms with E-state index in [1.807, 2.05) is 18.9 Å². The smallest absolute Gasteiger partial charge is 0.236 e. The van der Waals surface area contributed by atoms with Crippen molar-refractivity contribution in [3.8, 4) is 0 Å². The number of nitrogens with zero attached hydrogens (tertiary/aromatic N) is 1. The van der Waals surface area contributed by atoms with Crippen molar-refractivity contribution in [3.63, 3.8) is 0 Å². The monoisotopic (exact) mass is 191 g/mol. The molecule has 0 spiro atoms. The third-order valence-electron chi connectivity index (χ3n) is 3.56. The van der Waals surface area contributed by atoms with Crippen molar-refractivity contribution in [2.45, 2.75) is 32.7 Å². The van der Waals surface area contributed by atoms with Crippen molar-refractivity contribution in [3.05, 3.63) is 23.8 Å². The zero-order valence-corrected chi connectivity index (χ0v) is 9.08. The van der Waals surface area contributed by atoms with Gasteiger partial charge in [-0.05, 0) is 26.7 Å². The van der Waals surface area contributed by atoms with Crippen LogP contribution < -0.4 is 0 Å². The standard InChI is InChI=1S/C12H17NO/c1-9-8-10-6-4-5-7-12(10,2)11(14)13(9)3/h5-7,9H,4,8H2,1-3H3/t9-,12+/m0/s1. The Kier molecular flexibility index (Phi) is 2.02. The first-order chi connectivity index (χ1) is 6.55. The Balaban J connectivity index is 2.41. The van der Waals surface area contributed by atoms with Crippen molar-refractivity contribution in [1.82, 2.24) is 4.90 Å². The van der Waals surface area contributed by atoms with Crippen LogP contribution in [0, 0.1) is 5.41 Å².